The van der Waals surface area contributed by atoms with Gasteiger partial charge in [0.15, 0.2) is 0 Å². The number of anilines is 1. The van der Waals surface area contributed by atoms with E-state index < -0.39 is 11.7 Å². The van der Waals surface area contributed by atoms with Crippen LogP contribution in [0.15, 0.2) is 30.6 Å². The first kappa shape index (κ1) is 24.9. The van der Waals surface area contributed by atoms with Crippen LogP contribution in [0.4, 0.5) is 5.95 Å². The van der Waals surface area contributed by atoms with Crippen molar-refractivity contribution in [3.8, 4) is 11.3 Å². The molecule has 9 heteroatoms. The van der Waals surface area contributed by atoms with Crippen molar-refractivity contribution in [1.29, 1.82) is 0 Å². The van der Waals surface area contributed by atoms with Crippen LogP contribution in [-0.2, 0) is 15.1 Å². The minimum atomic E-state index is -0.899. The Morgan fingerprint density at radius 1 is 1.08 bits per heavy atom. The Kier molecular flexibility index (Phi) is 6.57. The van der Waals surface area contributed by atoms with Crippen LogP contribution >= 0.6 is 11.6 Å². The summed E-state index contributed by atoms with van der Waals surface area (Å²) in [5.74, 6) is 1.39. The summed E-state index contributed by atoms with van der Waals surface area (Å²) < 4.78 is 11.0. The van der Waals surface area contributed by atoms with Crippen molar-refractivity contribution in [1.82, 2.24) is 15.0 Å². The van der Waals surface area contributed by atoms with Crippen molar-refractivity contribution < 1.29 is 19.7 Å². The van der Waals surface area contributed by atoms with Gasteiger partial charge in [0.25, 0.3) is 0 Å². The van der Waals surface area contributed by atoms with Crippen molar-refractivity contribution in [3.05, 3.63) is 46.7 Å². The first-order valence-corrected chi connectivity index (χ1v) is 13.5. The predicted molar refractivity (Wildman–Crippen MR) is 142 cm³/mol. The molecule has 3 aliphatic rings. The number of benzene rings is 1. The second-order valence-corrected chi connectivity index (χ2v) is 11.4. The van der Waals surface area contributed by atoms with Gasteiger partial charge in [0, 0.05) is 42.5 Å². The molecule has 0 spiro atoms. The number of hydrogen-bond donors (Lipinski definition) is 3. The van der Waals surface area contributed by atoms with Crippen molar-refractivity contribution in [3.63, 3.8) is 0 Å². The Bertz CT molecular complexity index is 1310. The molecule has 1 aliphatic carbocycles. The first-order chi connectivity index (χ1) is 17.8. The van der Waals surface area contributed by atoms with Crippen molar-refractivity contribution in [2.75, 3.05) is 31.7 Å². The van der Waals surface area contributed by atoms with E-state index in [1.807, 2.05) is 18.3 Å². The number of rotatable bonds is 5. The Hall–Kier alpha value is -2.36. The molecule has 1 aromatic carbocycles. The summed E-state index contributed by atoms with van der Waals surface area (Å²) >= 11 is 6.58. The summed E-state index contributed by atoms with van der Waals surface area (Å²) in [5, 5.41) is 26.8. The summed E-state index contributed by atoms with van der Waals surface area (Å²) in [6.07, 6.45) is 4.91. The summed E-state index contributed by atoms with van der Waals surface area (Å²) in [6, 6.07) is 5.84. The number of nitrogens with zero attached hydrogens (tertiary/aromatic N) is 3. The van der Waals surface area contributed by atoms with Gasteiger partial charge in [-0.15, -0.1) is 0 Å². The van der Waals surface area contributed by atoms with Crippen molar-refractivity contribution >= 4 is 28.5 Å². The molecule has 2 saturated heterocycles. The number of aliphatic hydroxyl groups is 2. The van der Waals surface area contributed by atoms with Crippen LogP contribution < -0.4 is 5.32 Å². The molecule has 4 atom stereocenters. The zero-order chi connectivity index (χ0) is 25.7. The summed E-state index contributed by atoms with van der Waals surface area (Å²) in [6.45, 7) is 6.63. The Morgan fingerprint density at radius 2 is 1.86 bits per heavy atom. The quantitative estimate of drug-likeness (QED) is 0.454. The molecule has 4 heterocycles. The number of fused-ring (bicyclic) bond motifs is 2. The second-order valence-electron chi connectivity index (χ2n) is 11.0. The van der Waals surface area contributed by atoms with E-state index in [4.69, 9.17) is 31.0 Å². The second kappa shape index (κ2) is 9.75. The average molecular weight is 525 g/mol. The lowest BCUT2D eigenvalue weighted by molar-refractivity contribution is -0.0136. The molecule has 3 fully saturated rings. The fourth-order valence-corrected chi connectivity index (χ4v) is 6.51. The van der Waals surface area contributed by atoms with Crippen molar-refractivity contribution in [2.45, 2.75) is 56.8 Å². The van der Waals surface area contributed by atoms with Gasteiger partial charge in [-0.05, 0) is 54.7 Å². The molecule has 1 saturated carbocycles. The Balaban J connectivity index is 1.40. The summed E-state index contributed by atoms with van der Waals surface area (Å²) in [5.41, 5.74) is 3.46. The van der Waals surface area contributed by atoms with Crippen molar-refractivity contribution in [2.24, 2.45) is 11.8 Å². The molecule has 0 amide bonds. The monoisotopic (exact) mass is 524 g/mol. The van der Waals surface area contributed by atoms with Crippen LogP contribution in [-0.4, -0.2) is 63.7 Å². The van der Waals surface area contributed by atoms with E-state index in [1.165, 1.54) is 0 Å². The number of ether oxygens (including phenoxy) is 2. The molecule has 0 radical (unpaired) electrons. The standard InChI is InChI=1S/C28H33ClN4O4/c1-15(2)25-19-7-16(26-21(29)11-31-27(33-26)32-23-5-6-36-14-24(23)34)3-4-22(19)30-10-20(25)28(35)8-17-12-37-13-18(17)9-28/h3-4,7,10-11,15,17-18,23-24,34-35H,5-6,8-9,12-14H2,1-2H3,(H,31,32,33)/t17-,18-,23-,24-/m1/s1. The minimum Gasteiger partial charge on any atom is -0.389 e. The highest BCUT2D eigenvalue weighted by Gasteiger charge is 2.48. The van der Waals surface area contributed by atoms with Crippen LogP contribution in [0.3, 0.4) is 0 Å². The maximum Gasteiger partial charge on any atom is 0.223 e. The highest BCUT2D eigenvalue weighted by Crippen LogP contribution is 2.50. The highest BCUT2D eigenvalue weighted by atomic mass is 35.5. The third-order valence-electron chi connectivity index (χ3n) is 8.18. The normalized spacial score (nSPS) is 27.1. The highest BCUT2D eigenvalue weighted by molar-refractivity contribution is 6.33. The van der Waals surface area contributed by atoms with Gasteiger partial charge in [-0.25, -0.2) is 9.97 Å². The fourth-order valence-electron chi connectivity index (χ4n) is 6.31. The molecule has 196 valence electrons. The van der Waals surface area contributed by atoms with Gasteiger partial charge in [0.05, 0.1) is 46.8 Å². The zero-order valence-electron chi connectivity index (χ0n) is 21.2. The Labute approximate surface area is 221 Å². The smallest absolute Gasteiger partial charge is 0.223 e. The number of aromatic nitrogens is 3. The van der Waals surface area contributed by atoms with Gasteiger partial charge in [0.2, 0.25) is 5.95 Å². The molecular formula is C28H33ClN4O4. The van der Waals surface area contributed by atoms with Crippen LogP contribution in [0.2, 0.25) is 5.02 Å². The van der Waals surface area contributed by atoms with Gasteiger partial charge < -0.3 is 25.0 Å². The third kappa shape index (κ3) is 4.59. The maximum atomic E-state index is 11.8. The zero-order valence-corrected chi connectivity index (χ0v) is 21.9. The van der Waals surface area contributed by atoms with Crippen LogP contribution in [0.5, 0.6) is 0 Å². The Morgan fingerprint density at radius 3 is 2.59 bits per heavy atom. The first-order valence-electron chi connectivity index (χ1n) is 13.1. The number of pyridine rings is 1. The number of nitrogens with one attached hydrogen (secondary N) is 1. The van der Waals surface area contributed by atoms with E-state index in [0.717, 1.165) is 40.8 Å². The van der Waals surface area contributed by atoms with E-state index in [-0.39, 0.29) is 18.6 Å². The third-order valence-corrected chi connectivity index (χ3v) is 8.45. The molecule has 2 aromatic heterocycles. The van der Waals surface area contributed by atoms with E-state index in [1.54, 1.807) is 6.20 Å². The number of hydrogen-bond acceptors (Lipinski definition) is 8. The van der Waals surface area contributed by atoms with E-state index in [9.17, 15) is 10.2 Å². The van der Waals surface area contributed by atoms with E-state index in [0.29, 0.717) is 54.4 Å². The lowest BCUT2D eigenvalue weighted by Gasteiger charge is -2.29. The topological polar surface area (TPSA) is 110 Å². The summed E-state index contributed by atoms with van der Waals surface area (Å²) in [4.78, 5) is 13.8. The lowest BCUT2D eigenvalue weighted by Crippen LogP contribution is -2.42. The largest absolute Gasteiger partial charge is 0.389 e. The van der Waals surface area contributed by atoms with Gasteiger partial charge in [-0.1, -0.05) is 31.5 Å². The molecule has 0 bridgehead atoms. The van der Waals surface area contributed by atoms with Gasteiger partial charge in [-0.2, -0.15) is 0 Å². The molecule has 37 heavy (non-hydrogen) atoms. The number of aliphatic hydroxyl groups excluding tert-OH is 1. The molecule has 0 unspecified atom stereocenters. The van der Waals surface area contributed by atoms with Crippen LogP contribution in [0.1, 0.15) is 50.2 Å². The molecule has 2 aliphatic heterocycles. The molecule has 3 N–H and O–H groups in total. The van der Waals surface area contributed by atoms with Crippen LogP contribution in [0, 0.1) is 11.8 Å². The molecule has 3 aromatic rings. The van der Waals surface area contributed by atoms with Gasteiger partial charge in [0.1, 0.15) is 0 Å². The molecular weight excluding hydrogens is 492 g/mol. The van der Waals surface area contributed by atoms with E-state index >= 15 is 0 Å². The SMILES string of the molecule is CC(C)c1c(C2(O)C[C@@H]3COC[C@H]3C2)cnc2ccc(-c3nc(N[C@@H]4CCOC[C@H]4O)ncc3Cl)cc12. The molecule has 6 rings (SSSR count). The number of halogens is 1. The van der Waals surface area contributed by atoms with Gasteiger partial charge in [-0.3, -0.25) is 4.98 Å². The summed E-state index contributed by atoms with van der Waals surface area (Å²) in [7, 11) is 0. The van der Waals surface area contributed by atoms with E-state index in [2.05, 4.69) is 30.2 Å². The van der Waals surface area contributed by atoms with Gasteiger partial charge >= 0.3 is 0 Å². The average Bonchev–Trinajstić information content (AvgIpc) is 3.44. The predicted octanol–water partition coefficient (Wildman–Crippen LogP) is 4.27. The molecule has 8 nitrogen and oxygen atoms in total. The fraction of sp³-hybridized carbons (Fsp3) is 0.536. The minimum absolute atomic E-state index is 0.185. The lowest BCUT2D eigenvalue weighted by atomic mass is 9.82. The van der Waals surface area contributed by atoms with Crippen LogP contribution in [0.25, 0.3) is 22.2 Å². The maximum absolute atomic E-state index is 11.8.